The fourth-order valence-electron chi connectivity index (χ4n) is 6.19. The molecule has 5 rings (SSSR count). The summed E-state index contributed by atoms with van der Waals surface area (Å²) in [6.45, 7) is 8.33. The molecule has 3 aliphatic heterocycles. The number of aromatic nitrogens is 1. The van der Waals surface area contributed by atoms with Crippen LogP contribution < -0.4 is 15.0 Å². The van der Waals surface area contributed by atoms with Gasteiger partial charge in [0.2, 0.25) is 11.8 Å². The van der Waals surface area contributed by atoms with Gasteiger partial charge in [-0.2, -0.15) is 0 Å². The van der Waals surface area contributed by atoms with Crippen LogP contribution in [0.25, 0.3) is 0 Å². The Morgan fingerprint density at radius 3 is 2.54 bits per heavy atom. The fraction of sp³-hybridized carbons (Fsp3) is 0.581. The number of fused-ring (bicyclic) bond motifs is 1. The standard InChI is InChI=1S/C31H43N5O3/c1-25-24-39-27-10-3-2-8-26(27)9-4-6-13-31(30(38)33-25)14-18-36(19-15-31)29(37)12-17-34-20-22-35(23-21-34)28-11-5-7-16-32-28/h2-3,5,7-8,10-11,16,25H,4,6,9,12-15,17-24H2,1H3,(H,33,38)/t25-/m0/s1. The maximum absolute atomic E-state index is 13.5. The SMILES string of the molecule is C[C@H]1COc2ccccc2CCCCC2(CCN(C(=O)CCN3CCN(c4ccccn4)CC3)CC2)C(=O)N1. The highest BCUT2D eigenvalue weighted by Crippen LogP contribution is 2.38. The molecule has 0 unspecified atom stereocenters. The molecule has 4 heterocycles. The van der Waals surface area contributed by atoms with Crippen LogP contribution in [0.1, 0.15) is 51.0 Å². The van der Waals surface area contributed by atoms with Crippen LogP contribution in [0.2, 0.25) is 0 Å². The topological polar surface area (TPSA) is 78.0 Å². The first-order chi connectivity index (χ1) is 19.0. The number of benzene rings is 1. The summed E-state index contributed by atoms with van der Waals surface area (Å²) in [4.78, 5) is 37.8. The van der Waals surface area contributed by atoms with E-state index >= 15 is 0 Å². The van der Waals surface area contributed by atoms with Gasteiger partial charge in [-0.05, 0) is 62.8 Å². The molecule has 0 aliphatic carbocycles. The van der Waals surface area contributed by atoms with E-state index in [0.29, 0.717) is 26.1 Å². The Kier molecular flexibility index (Phi) is 9.02. The number of pyridine rings is 1. The number of hydrogen-bond donors (Lipinski definition) is 1. The maximum Gasteiger partial charge on any atom is 0.226 e. The largest absolute Gasteiger partial charge is 0.491 e. The summed E-state index contributed by atoms with van der Waals surface area (Å²) in [5.41, 5.74) is 0.843. The third kappa shape index (κ3) is 6.90. The summed E-state index contributed by atoms with van der Waals surface area (Å²) in [5, 5.41) is 3.23. The highest BCUT2D eigenvalue weighted by atomic mass is 16.5. The summed E-state index contributed by atoms with van der Waals surface area (Å²) >= 11 is 0. The molecule has 3 aliphatic rings. The van der Waals surface area contributed by atoms with Gasteiger partial charge >= 0.3 is 0 Å². The van der Waals surface area contributed by atoms with Crippen LogP contribution >= 0.6 is 0 Å². The van der Waals surface area contributed by atoms with E-state index in [1.54, 1.807) is 0 Å². The molecule has 1 atom stereocenters. The third-order valence-corrected chi connectivity index (χ3v) is 8.73. The predicted octanol–water partition coefficient (Wildman–Crippen LogP) is 3.51. The molecule has 1 N–H and O–H groups in total. The van der Waals surface area contributed by atoms with Crippen molar-refractivity contribution in [1.82, 2.24) is 20.1 Å². The van der Waals surface area contributed by atoms with E-state index in [0.717, 1.165) is 82.8 Å². The Morgan fingerprint density at radius 1 is 1.00 bits per heavy atom. The number of carbonyl (C=O) groups is 2. The number of amides is 2. The lowest BCUT2D eigenvalue weighted by atomic mass is 9.73. The van der Waals surface area contributed by atoms with E-state index in [1.165, 1.54) is 5.56 Å². The number of anilines is 1. The molecule has 2 fully saturated rings. The fourth-order valence-corrected chi connectivity index (χ4v) is 6.19. The van der Waals surface area contributed by atoms with Gasteiger partial charge in [0.1, 0.15) is 18.2 Å². The molecular weight excluding hydrogens is 490 g/mol. The zero-order chi connectivity index (χ0) is 27.1. The van der Waals surface area contributed by atoms with E-state index in [9.17, 15) is 9.59 Å². The molecule has 39 heavy (non-hydrogen) atoms. The Morgan fingerprint density at radius 2 is 1.77 bits per heavy atom. The van der Waals surface area contributed by atoms with Crippen LogP contribution in [-0.4, -0.2) is 85.1 Å². The molecule has 8 nitrogen and oxygen atoms in total. The van der Waals surface area contributed by atoms with E-state index in [2.05, 4.69) is 38.3 Å². The molecule has 2 saturated heterocycles. The Bertz CT molecular complexity index is 1090. The number of nitrogens with one attached hydrogen (secondary N) is 1. The number of piperazine rings is 1. The minimum Gasteiger partial charge on any atom is -0.491 e. The quantitative estimate of drug-likeness (QED) is 0.648. The van der Waals surface area contributed by atoms with Crippen LogP contribution in [0, 0.1) is 5.41 Å². The van der Waals surface area contributed by atoms with Gasteiger partial charge in [-0.25, -0.2) is 4.98 Å². The lowest BCUT2D eigenvalue weighted by Crippen LogP contribution is -2.53. The van der Waals surface area contributed by atoms with Crippen LogP contribution in [0.4, 0.5) is 5.82 Å². The molecule has 0 saturated carbocycles. The van der Waals surface area contributed by atoms with Crippen molar-refractivity contribution in [3.63, 3.8) is 0 Å². The van der Waals surface area contributed by atoms with Crippen molar-refractivity contribution in [2.24, 2.45) is 5.41 Å². The third-order valence-electron chi connectivity index (χ3n) is 8.73. The second-order valence-corrected chi connectivity index (χ2v) is 11.4. The van der Waals surface area contributed by atoms with Crippen LogP contribution in [0.15, 0.2) is 48.7 Å². The first-order valence-corrected chi connectivity index (χ1v) is 14.7. The average Bonchev–Trinajstić information content (AvgIpc) is 2.98. The molecule has 2 amide bonds. The molecule has 1 aromatic heterocycles. The molecule has 1 spiro atoms. The lowest BCUT2D eigenvalue weighted by Gasteiger charge is -2.42. The maximum atomic E-state index is 13.5. The van der Waals surface area contributed by atoms with E-state index in [4.69, 9.17) is 4.74 Å². The smallest absolute Gasteiger partial charge is 0.226 e. The van der Waals surface area contributed by atoms with E-state index in [-0.39, 0.29) is 17.9 Å². The summed E-state index contributed by atoms with van der Waals surface area (Å²) < 4.78 is 6.07. The number of carbonyl (C=O) groups excluding carboxylic acids is 2. The monoisotopic (exact) mass is 533 g/mol. The average molecular weight is 534 g/mol. The molecule has 8 heteroatoms. The number of aryl methyl sites for hydroxylation is 1. The van der Waals surface area contributed by atoms with E-state index in [1.807, 2.05) is 42.3 Å². The summed E-state index contributed by atoms with van der Waals surface area (Å²) in [6, 6.07) is 14.2. The summed E-state index contributed by atoms with van der Waals surface area (Å²) in [5.74, 6) is 2.29. The zero-order valence-corrected chi connectivity index (χ0v) is 23.3. The minimum absolute atomic E-state index is 0.0698. The first-order valence-electron chi connectivity index (χ1n) is 14.7. The summed E-state index contributed by atoms with van der Waals surface area (Å²) in [6.07, 6.45) is 7.70. The van der Waals surface area contributed by atoms with Crippen molar-refractivity contribution < 1.29 is 14.3 Å². The van der Waals surface area contributed by atoms with Crippen molar-refractivity contribution in [3.8, 4) is 5.75 Å². The van der Waals surface area contributed by atoms with Gasteiger partial charge in [0.05, 0.1) is 11.5 Å². The number of ether oxygens (including phenoxy) is 1. The molecule has 1 aromatic carbocycles. The number of hydrogen-bond acceptors (Lipinski definition) is 6. The Labute approximate surface area is 232 Å². The number of piperidine rings is 1. The van der Waals surface area contributed by atoms with Crippen molar-refractivity contribution in [2.75, 3.05) is 57.3 Å². The van der Waals surface area contributed by atoms with Gasteiger partial charge in [-0.1, -0.05) is 30.7 Å². The second-order valence-electron chi connectivity index (χ2n) is 11.4. The van der Waals surface area contributed by atoms with Crippen molar-refractivity contribution in [3.05, 3.63) is 54.2 Å². The highest BCUT2D eigenvalue weighted by Gasteiger charge is 2.42. The zero-order valence-electron chi connectivity index (χ0n) is 23.3. The number of rotatable bonds is 4. The number of para-hydroxylation sites is 1. The van der Waals surface area contributed by atoms with Crippen LogP contribution in [0.3, 0.4) is 0 Å². The van der Waals surface area contributed by atoms with Gasteiger partial charge in [0.25, 0.3) is 0 Å². The number of nitrogens with zero attached hydrogens (tertiary/aromatic N) is 4. The molecule has 0 bridgehead atoms. The Hall–Kier alpha value is -3.13. The van der Waals surface area contributed by atoms with Crippen LogP contribution in [-0.2, 0) is 16.0 Å². The first kappa shape index (κ1) is 27.4. The predicted molar refractivity (Wildman–Crippen MR) is 153 cm³/mol. The van der Waals surface area contributed by atoms with Gasteiger partial charge < -0.3 is 19.9 Å². The van der Waals surface area contributed by atoms with Crippen molar-refractivity contribution in [1.29, 1.82) is 0 Å². The van der Waals surface area contributed by atoms with Gasteiger partial charge in [-0.15, -0.1) is 0 Å². The van der Waals surface area contributed by atoms with E-state index < -0.39 is 5.41 Å². The molecule has 2 aromatic rings. The normalized spacial score (nSPS) is 22.7. The van der Waals surface area contributed by atoms with Gasteiger partial charge in [0.15, 0.2) is 0 Å². The lowest BCUT2D eigenvalue weighted by molar-refractivity contribution is -0.141. The Balaban J connectivity index is 1.10. The second kappa shape index (κ2) is 12.8. The molecular formula is C31H43N5O3. The summed E-state index contributed by atoms with van der Waals surface area (Å²) in [7, 11) is 0. The van der Waals surface area contributed by atoms with Crippen molar-refractivity contribution >= 4 is 17.6 Å². The van der Waals surface area contributed by atoms with Gasteiger partial charge in [-0.3, -0.25) is 14.5 Å². The van der Waals surface area contributed by atoms with Crippen LogP contribution in [0.5, 0.6) is 5.75 Å². The number of likely N-dealkylation sites (tertiary alicyclic amines) is 1. The highest BCUT2D eigenvalue weighted by molar-refractivity contribution is 5.83. The van der Waals surface area contributed by atoms with Crippen molar-refractivity contribution in [2.45, 2.75) is 57.9 Å². The minimum atomic E-state index is -0.397. The van der Waals surface area contributed by atoms with Gasteiger partial charge in [0, 0.05) is 58.4 Å². The molecule has 0 radical (unpaired) electrons. The molecule has 210 valence electrons.